The third-order valence-electron chi connectivity index (χ3n) is 4.56. The van der Waals surface area contributed by atoms with Crippen molar-refractivity contribution in [3.05, 3.63) is 34.6 Å². The lowest BCUT2D eigenvalue weighted by molar-refractivity contribution is 0.279. The van der Waals surface area contributed by atoms with E-state index in [0.717, 1.165) is 24.9 Å². The van der Waals surface area contributed by atoms with Crippen molar-refractivity contribution in [1.82, 2.24) is 10.2 Å². The summed E-state index contributed by atoms with van der Waals surface area (Å²) >= 11 is 5.79. The first-order valence-electron chi connectivity index (χ1n) is 8.14. The van der Waals surface area contributed by atoms with Gasteiger partial charge in [0, 0.05) is 18.6 Å². The molecule has 1 saturated heterocycles. The lowest BCUT2D eigenvalue weighted by atomic mass is 9.94. The van der Waals surface area contributed by atoms with Crippen LogP contribution < -0.4 is 11.1 Å². The molecule has 0 radical (unpaired) electrons. The second-order valence-electron chi connectivity index (χ2n) is 6.33. The number of halogens is 3. The number of nitrogens with zero attached hydrogens (tertiary/aromatic N) is 2. The minimum atomic E-state index is -0.371. The van der Waals surface area contributed by atoms with Crippen LogP contribution in [0.5, 0.6) is 0 Å². The summed E-state index contributed by atoms with van der Waals surface area (Å²) in [5.41, 5.74) is 6.88. The Morgan fingerprint density at radius 1 is 1.54 bits per heavy atom. The summed E-state index contributed by atoms with van der Waals surface area (Å²) in [4.78, 5) is 6.72. The Balaban J connectivity index is 0.00000288. The molecule has 0 amide bonds. The SMILES string of the molecule is CCC(C)NC(N)=NCC1CCN(C)C1c1ccc(Cl)c(F)c1.I. The molecule has 136 valence electrons. The molecule has 0 spiro atoms. The van der Waals surface area contributed by atoms with Gasteiger partial charge in [0.2, 0.25) is 0 Å². The third kappa shape index (κ3) is 5.46. The predicted molar refractivity (Wildman–Crippen MR) is 110 cm³/mol. The number of nitrogens with two attached hydrogens (primary N) is 1. The Morgan fingerprint density at radius 2 is 2.25 bits per heavy atom. The second kappa shape index (κ2) is 9.77. The van der Waals surface area contributed by atoms with Gasteiger partial charge in [0.15, 0.2) is 5.96 Å². The largest absolute Gasteiger partial charge is 0.370 e. The standard InChI is InChI=1S/C17H26ClFN4.HI/c1-4-11(2)22-17(20)21-10-13-7-8-23(3)16(13)12-5-6-14(18)15(19)9-12;/h5-6,9,11,13,16H,4,7-8,10H2,1-3H3,(H3,20,21,22);1H. The van der Waals surface area contributed by atoms with E-state index < -0.39 is 0 Å². The molecule has 1 aliphatic rings. The number of hydrogen-bond acceptors (Lipinski definition) is 2. The maximum absolute atomic E-state index is 13.8. The van der Waals surface area contributed by atoms with Crippen LogP contribution in [0.15, 0.2) is 23.2 Å². The number of aliphatic imine (C=N–C) groups is 1. The van der Waals surface area contributed by atoms with E-state index in [9.17, 15) is 4.39 Å². The average molecular weight is 469 g/mol. The highest BCUT2D eigenvalue weighted by atomic mass is 127. The van der Waals surface area contributed by atoms with Gasteiger partial charge in [-0.1, -0.05) is 24.6 Å². The zero-order chi connectivity index (χ0) is 17.0. The topological polar surface area (TPSA) is 53.6 Å². The zero-order valence-corrected chi connectivity index (χ0v) is 17.5. The lowest BCUT2D eigenvalue weighted by Gasteiger charge is -2.25. The van der Waals surface area contributed by atoms with Crippen molar-refractivity contribution < 1.29 is 4.39 Å². The number of nitrogens with one attached hydrogen (secondary N) is 1. The third-order valence-corrected chi connectivity index (χ3v) is 4.87. The molecule has 2 rings (SSSR count). The number of rotatable bonds is 5. The van der Waals surface area contributed by atoms with Crippen LogP contribution in [0.1, 0.15) is 38.3 Å². The van der Waals surface area contributed by atoms with Crippen molar-refractivity contribution in [3.8, 4) is 0 Å². The number of hydrogen-bond donors (Lipinski definition) is 2. The molecule has 3 unspecified atom stereocenters. The predicted octanol–water partition coefficient (Wildman–Crippen LogP) is 3.79. The minimum Gasteiger partial charge on any atom is -0.370 e. The summed E-state index contributed by atoms with van der Waals surface area (Å²) in [6, 6.07) is 5.51. The molecule has 1 aromatic rings. The molecule has 1 fully saturated rings. The Hall–Kier alpha value is -0.600. The van der Waals surface area contributed by atoms with Gasteiger partial charge < -0.3 is 11.1 Å². The second-order valence-corrected chi connectivity index (χ2v) is 6.73. The summed E-state index contributed by atoms with van der Waals surface area (Å²) in [5, 5.41) is 3.33. The van der Waals surface area contributed by atoms with E-state index in [2.05, 4.69) is 36.1 Å². The number of benzene rings is 1. The Labute approximate surface area is 166 Å². The highest BCUT2D eigenvalue weighted by molar-refractivity contribution is 14.0. The molecule has 3 atom stereocenters. The monoisotopic (exact) mass is 468 g/mol. The molecule has 0 aliphatic carbocycles. The van der Waals surface area contributed by atoms with Crippen molar-refractivity contribution in [3.63, 3.8) is 0 Å². The van der Waals surface area contributed by atoms with Gasteiger partial charge in [-0.3, -0.25) is 9.89 Å². The highest BCUT2D eigenvalue weighted by Gasteiger charge is 2.33. The molecule has 1 aliphatic heterocycles. The van der Waals surface area contributed by atoms with Gasteiger partial charge in [0.25, 0.3) is 0 Å². The van der Waals surface area contributed by atoms with E-state index in [1.54, 1.807) is 6.07 Å². The molecule has 7 heteroatoms. The van der Waals surface area contributed by atoms with Gasteiger partial charge in [-0.25, -0.2) is 4.39 Å². The van der Waals surface area contributed by atoms with E-state index in [-0.39, 0.29) is 40.9 Å². The van der Waals surface area contributed by atoms with Crippen LogP contribution in [0.2, 0.25) is 5.02 Å². The molecule has 0 aromatic heterocycles. The summed E-state index contributed by atoms with van der Waals surface area (Å²) in [7, 11) is 2.06. The minimum absolute atomic E-state index is 0. The van der Waals surface area contributed by atoms with E-state index in [4.69, 9.17) is 17.3 Å². The van der Waals surface area contributed by atoms with E-state index in [1.807, 2.05) is 6.07 Å². The van der Waals surface area contributed by atoms with Crippen LogP contribution in [-0.4, -0.2) is 37.0 Å². The molecule has 24 heavy (non-hydrogen) atoms. The van der Waals surface area contributed by atoms with Gasteiger partial charge >= 0.3 is 0 Å². The van der Waals surface area contributed by atoms with Crippen LogP contribution in [-0.2, 0) is 0 Å². The van der Waals surface area contributed by atoms with Gasteiger partial charge in [0.1, 0.15) is 5.82 Å². The van der Waals surface area contributed by atoms with Crippen LogP contribution >= 0.6 is 35.6 Å². The number of guanidine groups is 1. The van der Waals surface area contributed by atoms with Crippen LogP contribution in [0, 0.1) is 11.7 Å². The van der Waals surface area contributed by atoms with Gasteiger partial charge in [0.05, 0.1) is 5.02 Å². The first-order chi connectivity index (χ1) is 10.9. The lowest BCUT2D eigenvalue weighted by Crippen LogP contribution is -2.38. The summed E-state index contributed by atoms with van der Waals surface area (Å²) in [6.07, 6.45) is 2.01. The van der Waals surface area contributed by atoms with Crippen molar-refractivity contribution in [2.45, 2.75) is 38.8 Å². The molecular weight excluding hydrogens is 442 g/mol. The molecule has 1 heterocycles. The van der Waals surface area contributed by atoms with Crippen LogP contribution in [0.4, 0.5) is 4.39 Å². The normalized spacial score (nSPS) is 23.0. The summed E-state index contributed by atoms with van der Waals surface area (Å²) in [6.45, 7) is 5.77. The van der Waals surface area contributed by atoms with E-state index in [1.165, 1.54) is 6.07 Å². The maximum Gasteiger partial charge on any atom is 0.188 e. The molecule has 0 saturated carbocycles. The van der Waals surface area contributed by atoms with Crippen molar-refractivity contribution in [2.75, 3.05) is 20.1 Å². The molecule has 1 aromatic carbocycles. The first-order valence-corrected chi connectivity index (χ1v) is 8.51. The quantitative estimate of drug-likeness (QED) is 0.393. The smallest absolute Gasteiger partial charge is 0.188 e. The van der Waals surface area contributed by atoms with Gasteiger partial charge in [-0.05, 0) is 57.0 Å². The summed E-state index contributed by atoms with van der Waals surface area (Å²) in [5.74, 6) is 0.428. The Kier molecular flexibility index (Phi) is 8.73. The van der Waals surface area contributed by atoms with Crippen LogP contribution in [0.3, 0.4) is 0 Å². The van der Waals surface area contributed by atoms with Gasteiger partial charge in [-0.2, -0.15) is 0 Å². The maximum atomic E-state index is 13.8. The van der Waals surface area contributed by atoms with Crippen molar-refractivity contribution in [2.24, 2.45) is 16.6 Å². The molecule has 0 bridgehead atoms. The van der Waals surface area contributed by atoms with E-state index in [0.29, 0.717) is 24.5 Å². The summed E-state index contributed by atoms with van der Waals surface area (Å²) < 4.78 is 13.8. The van der Waals surface area contributed by atoms with E-state index >= 15 is 0 Å². The zero-order valence-electron chi connectivity index (χ0n) is 14.4. The fourth-order valence-electron chi connectivity index (χ4n) is 3.06. The molecule has 3 N–H and O–H groups in total. The average Bonchev–Trinajstić information content (AvgIpc) is 2.89. The first kappa shape index (κ1) is 21.4. The fraction of sp³-hybridized carbons (Fsp3) is 0.588. The fourth-order valence-corrected chi connectivity index (χ4v) is 3.17. The van der Waals surface area contributed by atoms with Crippen molar-refractivity contribution in [1.29, 1.82) is 0 Å². The molecule has 4 nitrogen and oxygen atoms in total. The van der Waals surface area contributed by atoms with Crippen molar-refractivity contribution >= 4 is 41.5 Å². The molecular formula is C17H27ClFIN4. The number of likely N-dealkylation sites (tertiary alicyclic amines) is 1. The van der Waals surface area contributed by atoms with Gasteiger partial charge in [-0.15, -0.1) is 24.0 Å². The Bertz CT molecular complexity index is 570. The van der Waals surface area contributed by atoms with Crippen LogP contribution in [0.25, 0.3) is 0 Å². The highest BCUT2D eigenvalue weighted by Crippen LogP contribution is 2.37. The Morgan fingerprint density at radius 3 is 2.88 bits per heavy atom.